The van der Waals surface area contributed by atoms with Crippen LogP contribution >= 0.6 is 0 Å². The smallest absolute Gasteiger partial charge is 0.411 e. The number of phenolic OH excluding ortho intramolecular Hbond substituents is 1. The van der Waals surface area contributed by atoms with Gasteiger partial charge in [0, 0.05) is 11.6 Å². The van der Waals surface area contributed by atoms with Crippen LogP contribution in [-0.4, -0.2) is 28.9 Å². The maximum absolute atomic E-state index is 12.7. The predicted molar refractivity (Wildman–Crippen MR) is 133 cm³/mol. The lowest BCUT2D eigenvalue weighted by Crippen LogP contribution is -2.18. The molecule has 1 aliphatic rings. The molecule has 3 N–H and O–H groups in total. The van der Waals surface area contributed by atoms with Gasteiger partial charge in [-0.15, -0.1) is 0 Å². The van der Waals surface area contributed by atoms with Crippen molar-refractivity contribution in [2.24, 2.45) is 0 Å². The van der Waals surface area contributed by atoms with Gasteiger partial charge >= 0.3 is 12.1 Å². The summed E-state index contributed by atoms with van der Waals surface area (Å²) in [4.78, 5) is 24.3. The molecular weight excluding hydrogens is 442 g/mol. The molecule has 6 heteroatoms. The number of hydrogen-bond acceptors (Lipinski definition) is 4. The second-order valence-electron chi connectivity index (χ2n) is 8.52. The summed E-state index contributed by atoms with van der Waals surface area (Å²) < 4.78 is 5.59. The van der Waals surface area contributed by atoms with E-state index in [2.05, 4.69) is 17.4 Å². The van der Waals surface area contributed by atoms with Crippen molar-refractivity contribution in [1.29, 1.82) is 0 Å². The zero-order chi connectivity index (χ0) is 24.4. The van der Waals surface area contributed by atoms with E-state index in [9.17, 15) is 19.8 Å². The van der Waals surface area contributed by atoms with Crippen LogP contribution < -0.4 is 5.32 Å². The molecule has 0 heterocycles. The van der Waals surface area contributed by atoms with E-state index in [1.807, 2.05) is 36.4 Å². The Balaban J connectivity index is 1.31. The standard InChI is InChI=1S/C29H23NO5/c31-22-11-9-18(10-12-22)13-19-14-20(28(32)33)16-21(15-19)30-29(34)35-17-27-25-7-3-1-5-23(25)24-6-2-4-8-26(24)27/h1-12,14-16,27,31H,13,17H2,(H,30,34)(H,32,33). The number of carboxylic acids is 1. The van der Waals surface area contributed by atoms with Crippen molar-refractivity contribution in [3.63, 3.8) is 0 Å². The van der Waals surface area contributed by atoms with Crippen molar-refractivity contribution in [2.45, 2.75) is 12.3 Å². The molecule has 0 spiro atoms. The summed E-state index contributed by atoms with van der Waals surface area (Å²) in [5.74, 6) is -0.998. The van der Waals surface area contributed by atoms with Gasteiger partial charge in [0.1, 0.15) is 12.4 Å². The highest BCUT2D eigenvalue weighted by atomic mass is 16.5. The second-order valence-corrected chi connectivity index (χ2v) is 8.52. The Kier molecular flexibility index (Phi) is 5.94. The Hall–Kier alpha value is -4.58. The number of benzene rings is 4. The predicted octanol–water partition coefficient (Wildman–Crippen LogP) is 6.04. The number of rotatable bonds is 6. The van der Waals surface area contributed by atoms with Gasteiger partial charge in [0.15, 0.2) is 0 Å². The van der Waals surface area contributed by atoms with Gasteiger partial charge in [-0.25, -0.2) is 9.59 Å². The fourth-order valence-corrected chi connectivity index (χ4v) is 4.59. The van der Waals surface area contributed by atoms with E-state index < -0.39 is 12.1 Å². The molecule has 1 amide bonds. The number of ether oxygens (including phenoxy) is 1. The summed E-state index contributed by atoms with van der Waals surface area (Å²) in [6, 6.07) is 27.6. The topological polar surface area (TPSA) is 95.9 Å². The monoisotopic (exact) mass is 465 g/mol. The third-order valence-corrected chi connectivity index (χ3v) is 6.17. The van der Waals surface area contributed by atoms with Crippen molar-refractivity contribution in [1.82, 2.24) is 0 Å². The third-order valence-electron chi connectivity index (χ3n) is 6.17. The first-order chi connectivity index (χ1) is 17.0. The van der Waals surface area contributed by atoms with Gasteiger partial charge in [-0.1, -0.05) is 60.7 Å². The first-order valence-electron chi connectivity index (χ1n) is 11.2. The molecular formula is C29H23NO5. The minimum atomic E-state index is -1.09. The summed E-state index contributed by atoms with van der Waals surface area (Å²) >= 11 is 0. The maximum atomic E-state index is 12.7. The fraction of sp³-hybridized carbons (Fsp3) is 0.103. The van der Waals surface area contributed by atoms with E-state index in [4.69, 9.17) is 4.74 Å². The Morgan fingerprint density at radius 2 is 1.43 bits per heavy atom. The average Bonchev–Trinajstić information content (AvgIpc) is 3.18. The number of aromatic hydroxyl groups is 1. The van der Waals surface area contributed by atoms with Crippen LogP contribution in [0.15, 0.2) is 91.0 Å². The highest BCUT2D eigenvalue weighted by Gasteiger charge is 2.29. The van der Waals surface area contributed by atoms with E-state index >= 15 is 0 Å². The van der Waals surface area contributed by atoms with Gasteiger partial charge in [-0.05, 0) is 70.1 Å². The highest BCUT2D eigenvalue weighted by molar-refractivity contribution is 5.92. The molecule has 0 fully saturated rings. The van der Waals surface area contributed by atoms with Crippen molar-refractivity contribution in [2.75, 3.05) is 11.9 Å². The lowest BCUT2D eigenvalue weighted by Gasteiger charge is -2.15. The lowest BCUT2D eigenvalue weighted by atomic mass is 9.98. The van der Waals surface area contributed by atoms with Crippen molar-refractivity contribution >= 4 is 17.7 Å². The summed E-state index contributed by atoms with van der Waals surface area (Å²) in [7, 11) is 0. The van der Waals surface area contributed by atoms with Gasteiger partial charge in [0.25, 0.3) is 0 Å². The fourth-order valence-electron chi connectivity index (χ4n) is 4.59. The Labute approximate surface area is 202 Å². The van der Waals surface area contributed by atoms with E-state index in [1.165, 1.54) is 6.07 Å². The zero-order valence-corrected chi connectivity index (χ0v) is 18.8. The Morgan fingerprint density at radius 3 is 2.06 bits per heavy atom. The molecule has 0 atom stereocenters. The quantitative estimate of drug-likeness (QED) is 0.323. The van der Waals surface area contributed by atoms with Crippen LogP contribution in [0.5, 0.6) is 5.75 Å². The molecule has 0 saturated heterocycles. The first kappa shape index (κ1) is 22.2. The molecule has 0 bridgehead atoms. The van der Waals surface area contributed by atoms with Gasteiger partial charge in [0.2, 0.25) is 0 Å². The van der Waals surface area contributed by atoms with Crippen molar-refractivity contribution in [3.05, 3.63) is 119 Å². The number of hydrogen-bond donors (Lipinski definition) is 3. The zero-order valence-electron chi connectivity index (χ0n) is 18.8. The van der Waals surface area contributed by atoms with E-state index in [0.717, 1.165) is 27.8 Å². The molecule has 1 aliphatic carbocycles. The molecule has 4 aromatic carbocycles. The lowest BCUT2D eigenvalue weighted by molar-refractivity contribution is 0.0696. The van der Waals surface area contributed by atoms with E-state index in [0.29, 0.717) is 17.7 Å². The molecule has 174 valence electrons. The van der Waals surface area contributed by atoms with Crippen molar-refractivity contribution in [3.8, 4) is 16.9 Å². The number of carboxylic acid groups (broad SMARTS) is 1. The molecule has 35 heavy (non-hydrogen) atoms. The van der Waals surface area contributed by atoms with E-state index in [-0.39, 0.29) is 23.8 Å². The number of carbonyl (C=O) groups is 2. The second kappa shape index (κ2) is 9.35. The average molecular weight is 466 g/mol. The van der Waals surface area contributed by atoms with Crippen LogP contribution in [0.3, 0.4) is 0 Å². The molecule has 0 radical (unpaired) electrons. The molecule has 4 aromatic rings. The number of carbonyl (C=O) groups excluding carboxylic acids is 1. The number of nitrogens with one attached hydrogen (secondary N) is 1. The molecule has 6 nitrogen and oxygen atoms in total. The molecule has 5 rings (SSSR count). The minimum Gasteiger partial charge on any atom is -0.508 e. The molecule has 0 aliphatic heterocycles. The largest absolute Gasteiger partial charge is 0.508 e. The summed E-state index contributed by atoms with van der Waals surface area (Å²) in [6.07, 6.45) is -0.203. The Morgan fingerprint density at radius 1 is 0.800 bits per heavy atom. The maximum Gasteiger partial charge on any atom is 0.411 e. The number of anilines is 1. The Bertz CT molecular complexity index is 1370. The number of phenols is 1. The summed E-state index contributed by atoms with van der Waals surface area (Å²) in [6.45, 7) is 0.166. The highest BCUT2D eigenvalue weighted by Crippen LogP contribution is 2.44. The van der Waals surface area contributed by atoms with Crippen LogP contribution in [0.25, 0.3) is 11.1 Å². The number of fused-ring (bicyclic) bond motifs is 3. The number of amides is 1. The van der Waals surface area contributed by atoms with Crippen molar-refractivity contribution < 1.29 is 24.5 Å². The van der Waals surface area contributed by atoms with Crippen LogP contribution in [0.1, 0.15) is 38.5 Å². The molecule has 0 unspecified atom stereocenters. The summed E-state index contributed by atoms with van der Waals surface area (Å²) in [5, 5.41) is 21.7. The van der Waals surface area contributed by atoms with E-state index in [1.54, 1.807) is 36.4 Å². The van der Waals surface area contributed by atoms with Crippen LogP contribution in [-0.2, 0) is 11.2 Å². The van der Waals surface area contributed by atoms with Crippen LogP contribution in [0, 0.1) is 0 Å². The third kappa shape index (κ3) is 4.73. The van der Waals surface area contributed by atoms with Crippen LogP contribution in [0.4, 0.5) is 10.5 Å². The van der Waals surface area contributed by atoms with Gasteiger partial charge in [-0.3, -0.25) is 5.32 Å². The normalized spacial score (nSPS) is 12.0. The van der Waals surface area contributed by atoms with Gasteiger partial charge in [0.05, 0.1) is 5.56 Å². The molecule has 0 saturated carbocycles. The molecule has 0 aromatic heterocycles. The van der Waals surface area contributed by atoms with Gasteiger partial charge in [-0.2, -0.15) is 0 Å². The SMILES string of the molecule is O=C(Nc1cc(Cc2ccc(O)cc2)cc(C(=O)O)c1)OCC1c2ccccc2-c2ccccc21. The number of aromatic carboxylic acids is 1. The summed E-state index contributed by atoms with van der Waals surface area (Å²) in [5.41, 5.74) is 6.54. The minimum absolute atomic E-state index is 0.0650. The first-order valence-corrected chi connectivity index (χ1v) is 11.2. The van der Waals surface area contributed by atoms with Crippen LogP contribution in [0.2, 0.25) is 0 Å². The van der Waals surface area contributed by atoms with Gasteiger partial charge < -0.3 is 14.9 Å².